The first-order valence-electron chi connectivity index (χ1n) is 11.1. The molecular weight excluding hydrogens is 394 g/mol. The van der Waals surface area contributed by atoms with E-state index in [1.807, 2.05) is 28.5 Å². The lowest BCUT2D eigenvalue weighted by molar-refractivity contribution is -0.141. The molecule has 0 bridgehead atoms. The van der Waals surface area contributed by atoms with Crippen molar-refractivity contribution in [2.75, 3.05) is 26.2 Å². The first-order chi connectivity index (χ1) is 14.6. The van der Waals surface area contributed by atoms with E-state index in [2.05, 4.69) is 28.9 Å². The largest absolute Gasteiger partial charge is 0.342 e. The summed E-state index contributed by atoms with van der Waals surface area (Å²) < 4.78 is 0. The molecule has 2 fully saturated rings. The van der Waals surface area contributed by atoms with E-state index in [0.717, 1.165) is 49.5 Å². The Kier molecular flexibility index (Phi) is 6.82. The van der Waals surface area contributed by atoms with Gasteiger partial charge in [-0.1, -0.05) is 37.3 Å². The van der Waals surface area contributed by atoms with Gasteiger partial charge < -0.3 is 9.80 Å². The highest BCUT2D eigenvalue weighted by Crippen LogP contribution is 2.24. The molecule has 2 aliphatic heterocycles. The van der Waals surface area contributed by atoms with Crippen LogP contribution in [0.3, 0.4) is 0 Å². The molecule has 0 radical (unpaired) electrons. The van der Waals surface area contributed by atoms with E-state index in [0.29, 0.717) is 31.3 Å². The van der Waals surface area contributed by atoms with Crippen LogP contribution in [-0.2, 0) is 22.4 Å². The summed E-state index contributed by atoms with van der Waals surface area (Å²) in [4.78, 5) is 34.2. The van der Waals surface area contributed by atoms with E-state index in [-0.39, 0.29) is 11.8 Å². The maximum Gasteiger partial charge on any atom is 0.228 e. The maximum atomic E-state index is 12.8. The number of hydrogen-bond donors (Lipinski definition) is 0. The summed E-state index contributed by atoms with van der Waals surface area (Å²) in [7, 11) is 0. The Balaban J connectivity index is 1.25. The minimum Gasteiger partial charge on any atom is -0.342 e. The van der Waals surface area contributed by atoms with E-state index in [4.69, 9.17) is 0 Å². The van der Waals surface area contributed by atoms with Crippen LogP contribution >= 0.6 is 11.3 Å². The molecule has 1 unspecified atom stereocenters. The van der Waals surface area contributed by atoms with E-state index in [9.17, 15) is 9.59 Å². The van der Waals surface area contributed by atoms with Crippen molar-refractivity contribution < 1.29 is 9.59 Å². The summed E-state index contributed by atoms with van der Waals surface area (Å²) in [5.41, 5.74) is 2.09. The smallest absolute Gasteiger partial charge is 0.228 e. The summed E-state index contributed by atoms with van der Waals surface area (Å²) in [5, 5.41) is 3.05. The summed E-state index contributed by atoms with van der Waals surface area (Å²) in [6.45, 7) is 5.38. The van der Waals surface area contributed by atoms with Crippen LogP contribution in [0.2, 0.25) is 0 Å². The second-order valence-electron chi connectivity index (χ2n) is 8.76. The number of likely N-dealkylation sites (tertiary alicyclic amines) is 2. The van der Waals surface area contributed by atoms with Crippen molar-refractivity contribution in [3.63, 3.8) is 0 Å². The van der Waals surface area contributed by atoms with Gasteiger partial charge in [0, 0.05) is 43.9 Å². The Bertz CT molecular complexity index is 858. The molecule has 160 valence electrons. The summed E-state index contributed by atoms with van der Waals surface area (Å²) in [6.07, 6.45) is 5.07. The number of benzene rings is 1. The molecule has 5 nitrogen and oxygen atoms in total. The molecule has 2 saturated heterocycles. The van der Waals surface area contributed by atoms with Crippen molar-refractivity contribution in [1.82, 2.24) is 14.8 Å². The van der Waals surface area contributed by atoms with Gasteiger partial charge in [0.25, 0.3) is 0 Å². The van der Waals surface area contributed by atoms with Crippen LogP contribution in [0.15, 0.2) is 35.7 Å². The zero-order chi connectivity index (χ0) is 20.9. The topological polar surface area (TPSA) is 53.5 Å². The molecule has 0 aliphatic carbocycles. The average molecular weight is 426 g/mol. The third kappa shape index (κ3) is 5.28. The quantitative estimate of drug-likeness (QED) is 0.733. The Labute approximate surface area is 183 Å². The second-order valence-corrected chi connectivity index (χ2v) is 9.70. The van der Waals surface area contributed by atoms with Crippen LogP contribution in [0.4, 0.5) is 0 Å². The fourth-order valence-corrected chi connectivity index (χ4v) is 5.40. The molecule has 2 aromatic rings. The first kappa shape index (κ1) is 21.0. The average Bonchev–Trinajstić information content (AvgIpc) is 3.20. The van der Waals surface area contributed by atoms with E-state index < -0.39 is 0 Å². The highest BCUT2D eigenvalue weighted by atomic mass is 32.1. The number of hydrogen-bond acceptors (Lipinski definition) is 4. The Morgan fingerprint density at radius 1 is 1.07 bits per heavy atom. The van der Waals surface area contributed by atoms with Gasteiger partial charge in [0.1, 0.15) is 0 Å². The van der Waals surface area contributed by atoms with Crippen molar-refractivity contribution in [3.05, 3.63) is 52.0 Å². The highest BCUT2D eigenvalue weighted by Gasteiger charge is 2.31. The monoisotopic (exact) mass is 425 g/mol. The van der Waals surface area contributed by atoms with Gasteiger partial charge in [-0.3, -0.25) is 9.59 Å². The Hall–Kier alpha value is -2.21. The number of aromatic nitrogens is 1. The van der Waals surface area contributed by atoms with Gasteiger partial charge in [-0.15, -0.1) is 11.3 Å². The molecule has 4 rings (SSSR count). The number of thiazole rings is 1. The molecule has 2 amide bonds. The fraction of sp³-hybridized carbons (Fsp3) is 0.542. The van der Waals surface area contributed by atoms with Crippen molar-refractivity contribution in [2.24, 2.45) is 11.8 Å². The number of piperidine rings is 2. The van der Waals surface area contributed by atoms with Crippen molar-refractivity contribution in [1.29, 1.82) is 0 Å². The van der Waals surface area contributed by atoms with Gasteiger partial charge in [-0.25, -0.2) is 4.98 Å². The molecule has 6 heteroatoms. The standard InChI is InChI=1S/C24H31N3O2S/c1-18-6-5-11-27(16-18)24(29)20-9-12-26(13-10-20)23(28)15-21-17-30-22(25-21)14-19-7-3-2-4-8-19/h2-4,7-8,17-18,20H,5-6,9-16H2,1H3. The number of carbonyl (C=O) groups excluding carboxylic acids is 2. The third-order valence-electron chi connectivity index (χ3n) is 6.30. The van der Waals surface area contributed by atoms with Crippen LogP contribution in [-0.4, -0.2) is 52.8 Å². The van der Waals surface area contributed by atoms with Gasteiger partial charge in [0.15, 0.2) is 0 Å². The van der Waals surface area contributed by atoms with Crippen LogP contribution in [0.5, 0.6) is 0 Å². The molecule has 3 heterocycles. The molecule has 1 aromatic carbocycles. The molecule has 0 saturated carbocycles. The van der Waals surface area contributed by atoms with Crippen molar-refractivity contribution >= 4 is 23.2 Å². The highest BCUT2D eigenvalue weighted by molar-refractivity contribution is 7.09. The first-order valence-corrected chi connectivity index (χ1v) is 12.0. The van der Waals surface area contributed by atoms with Crippen molar-refractivity contribution in [2.45, 2.75) is 45.4 Å². The van der Waals surface area contributed by atoms with Crippen LogP contribution in [0.25, 0.3) is 0 Å². The van der Waals surface area contributed by atoms with Crippen LogP contribution in [0, 0.1) is 11.8 Å². The van der Waals surface area contributed by atoms with Gasteiger partial charge in [0.2, 0.25) is 11.8 Å². The zero-order valence-electron chi connectivity index (χ0n) is 17.8. The Morgan fingerprint density at radius 2 is 1.83 bits per heavy atom. The Morgan fingerprint density at radius 3 is 2.57 bits per heavy atom. The molecule has 2 aliphatic rings. The summed E-state index contributed by atoms with van der Waals surface area (Å²) in [5.74, 6) is 1.12. The number of carbonyl (C=O) groups is 2. The second kappa shape index (κ2) is 9.73. The fourth-order valence-electron chi connectivity index (χ4n) is 4.57. The lowest BCUT2D eigenvalue weighted by atomic mass is 9.92. The van der Waals surface area contributed by atoms with Crippen LogP contribution in [0.1, 0.15) is 48.9 Å². The number of amides is 2. The summed E-state index contributed by atoms with van der Waals surface area (Å²) in [6, 6.07) is 10.3. The van der Waals surface area contributed by atoms with E-state index in [1.54, 1.807) is 11.3 Å². The molecule has 0 N–H and O–H groups in total. The lowest BCUT2D eigenvalue weighted by Gasteiger charge is -2.37. The summed E-state index contributed by atoms with van der Waals surface area (Å²) >= 11 is 1.62. The number of rotatable bonds is 5. The van der Waals surface area contributed by atoms with Gasteiger partial charge in [-0.05, 0) is 37.2 Å². The van der Waals surface area contributed by atoms with Gasteiger partial charge in [0.05, 0.1) is 17.1 Å². The minimum absolute atomic E-state index is 0.0797. The molecule has 1 aromatic heterocycles. The third-order valence-corrected chi connectivity index (χ3v) is 7.19. The van der Waals surface area contributed by atoms with Crippen molar-refractivity contribution in [3.8, 4) is 0 Å². The zero-order valence-corrected chi connectivity index (χ0v) is 18.6. The minimum atomic E-state index is 0.0797. The predicted molar refractivity (Wildman–Crippen MR) is 119 cm³/mol. The normalized spacial score (nSPS) is 20.4. The predicted octanol–water partition coefficient (Wildman–Crippen LogP) is 3.77. The molecular formula is C24H31N3O2S. The molecule has 1 atom stereocenters. The van der Waals surface area contributed by atoms with Gasteiger partial charge >= 0.3 is 0 Å². The van der Waals surface area contributed by atoms with Crippen LogP contribution < -0.4 is 0 Å². The molecule has 0 spiro atoms. The number of nitrogens with zero attached hydrogens (tertiary/aromatic N) is 3. The van der Waals surface area contributed by atoms with E-state index in [1.165, 1.54) is 12.0 Å². The van der Waals surface area contributed by atoms with E-state index >= 15 is 0 Å². The lowest BCUT2D eigenvalue weighted by Crippen LogP contribution is -2.47. The molecule has 30 heavy (non-hydrogen) atoms. The maximum absolute atomic E-state index is 12.8. The van der Waals surface area contributed by atoms with Gasteiger partial charge in [-0.2, -0.15) is 0 Å². The SMILES string of the molecule is CC1CCCN(C(=O)C2CCN(C(=O)Cc3csc(Cc4ccccc4)n3)CC2)C1.